The van der Waals surface area contributed by atoms with Gasteiger partial charge < -0.3 is 31.5 Å². The van der Waals surface area contributed by atoms with Crippen molar-refractivity contribution >= 4 is 29.5 Å². The number of hydrogen-bond donors (Lipinski definition) is 5. The number of β-lactam (4-membered cyclic amide) rings is 1. The second-order valence-electron chi connectivity index (χ2n) is 8.11. The molecule has 6 atom stereocenters. The third-order valence-corrected chi connectivity index (χ3v) is 7.52. The molecule has 3 aliphatic heterocycles. The van der Waals surface area contributed by atoms with E-state index in [2.05, 4.69) is 10.6 Å². The number of hydrogen-bond acceptors (Lipinski definition) is 7. The van der Waals surface area contributed by atoms with Crippen LogP contribution in [0.3, 0.4) is 0 Å². The van der Waals surface area contributed by atoms with Gasteiger partial charge in [0.2, 0.25) is 11.8 Å². The van der Waals surface area contributed by atoms with Gasteiger partial charge in [-0.25, -0.2) is 4.79 Å². The van der Waals surface area contributed by atoms with E-state index in [1.165, 1.54) is 4.90 Å². The van der Waals surface area contributed by atoms with E-state index in [0.717, 1.165) is 30.8 Å². The average molecular weight is 427 g/mol. The lowest BCUT2D eigenvalue weighted by Gasteiger charge is -2.46. The summed E-state index contributed by atoms with van der Waals surface area (Å²) in [6, 6.07) is 0.0544. The number of nitrogens with zero attached hydrogens (tertiary/aromatic N) is 1. The molecule has 2 saturated heterocycles. The van der Waals surface area contributed by atoms with Crippen molar-refractivity contribution in [1.82, 2.24) is 15.5 Å². The van der Waals surface area contributed by atoms with Gasteiger partial charge in [-0.15, -0.1) is 11.8 Å². The Balaban J connectivity index is 1.56. The van der Waals surface area contributed by atoms with Crippen molar-refractivity contribution < 1.29 is 24.6 Å². The molecule has 3 heterocycles. The highest BCUT2D eigenvalue weighted by Crippen LogP contribution is 2.51. The second-order valence-corrected chi connectivity index (χ2v) is 9.45. The molecule has 0 unspecified atom stereocenters. The van der Waals surface area contributed by atoms with Crippen molar-refractivity contribution in [3.8, 4) is 0 Å². The van der Waals surface area contributed by atoms with Crippen LogP contribution >= 0.6 is 11.8 Å². The van der Waals surface area contributed by atoms with E-state index in [1.807, 2.05) is 6.92 Å². The van der Waals surface area contributed by atoms with Gasteiger partial charge in [-0.2, -0.15) is 0 Å². The minimum atomic E-state index is -1.08. The molecule has 2 amide bonds. The molecule has 0 saturated carbocycles. The Morgan fingerprint density at radius 3 is 2.76 bits per heavy atom. The van der Waals surface area contributed by atoms with Crippen LogP contribution < -0.4 is 16.4 Å². The van der Waals surface area contributed by atoms with E-state index >= 15 is 0 Å². The number of carboxylic acid groups (broad SMARTS) is 1. The fourth-order valence-electron chi connectivity index (χ4n) is 4.56. The Bertz CT molecular complexity index is 713. The van der Waals surface area contributed by atoms with Gasteiger partial charge in [-0.3, -0.25) is 9.59 Å². The second kappa shape index (κ2) is 9.03. The number of fused-ring (bicyclic) bond motifs is 1. The van der Waals surface area contributed by atoms with E-state index in [4.69, 9.17) is 5.73 Å². The Morgan fingerprint density at radius 2 is 2.14 bits per heavy atom. The first-order chi connectivity index (χ1) is 13.7. The molecule has 0 aromatic heterocycles. The molecule has 0 bridgehead atoms. The summed E-state index contributed by atoms with van der Waals surface area (Å²) in [6.45, 7) is 5.66. The summed E-state index contributed by atoms with van der Waals surface area (Å²) in [5, 5.41) is 26.5. The molecule has 0 aromatic rings. The van der Waals surface area contributed by atoms with Crippen LogP contribution in [0.2, 0.25) is 0 Å². The van der Waals surface area contributed by atoms with Crippen molar-refractivity contribution in [1.29, 1.82) is 0 Å². The number of carboxylic acids is 1. The van der Waals surface area contributed by atoms with Gasteiger partial charge in [-0.05, 0) is 26.3 Å². The quantitative estimate of drug-likeness (QED) is 0.231. The highest BCUT2D eigenvalue weighted by atomic mass is 32.2. The Labute approximate surface area is 174 Å². The summed E-state index contributed by atoms with van der Waals surface area (Å²) in [5.41, 5.74) is 5.20. The lowest BCUT2D eigenvalue weighted by molar-refractivity contribution is -0.163. The van der Waals surface area contributed by atoms with Gasteiger partial charge in [0.25, 0.3) is 0 Å². The minimum absolute atomic E-state index is 0.0889. The molecular weight excluding hydrogens is 396 g/mol. The zero-order chi connectivity index (χ0) is 21.3. The SMILES string of the molecule is C[C@@H](O)[C@H]1C(=O)N2C(C(=O)O)=C(S[C@@H]3CN[C@@H](CCNCCC(N)=O)C3)[C@H](C)[C@H]12. The monoisotopic (exact) mass is 426 g/mol. The van der Waals surface area contributed by atoms with Gasteiger partial charge in [0.05, 0.1) is 18.1 Å². The molecule has 10 heteroatoms. The van der Waals surface area contributed by atoms with Crippen LogP contribution in [0.15, 0.2) is 10.6 Å². The number of amides is 2. The minimum Gasteiger partial charge on any atom is -0.477 e. The van der Waals surface area contributed by atoms with Gasteiger partial charge in [0.15, 0.2) is 0 Å². The fraction of sp³-hybridized carbons (Fsp3) is 0.737. The van der Waals surface area contributed by atoms with Crippen LogP contribution in [0, 0.1) is 11.8 Å². The summed E-state index contributed by atoms with van der Waals surface area (Å²) < 4.78 is 0. The van der Waals surface area contributed by atoms with Crippen LogP contribution in [0.1, 0.15) is 33.1 Å². The van der Waals surface area contributed by atoms with Crippen LogP contribution in [-0.4, -0.2) is 76.0 Å². The Morgan fingerprint density at radius 1 is 1.41 bits per heavy atom. The number of nitrogens with two attached hydrogens (primary N) is 1. The molecule has 6 N–H and O–H groups in total. The molecule has 162 valence electrons. The summed E-state index contributed by atoms with van der Waals surface area (Å²) in [6.07, 6.45) is 1.35. The molecule has 3 aliphatic rings. The summed E-state index contributed by atoms with van der Waals surface area (Å²) in [7, 11) is 0. The zero-order valence-electron chi connectivity index (χ0n) is 16.8. The maximum absolute atomic E-state index is 12.4. The normalized spacial score (nSPS) is 32.3. The molecule has 29 heavy (non-hydrogen) atoms. The number of aliphatic hydroxyl groups excluding tert-OH is 1. The number of carbonyl (C=O) groups is 3. The van der Waals surface area contributed by atoms with E-state index < -0.39 is 18.0 Å². The first-order valence-electron chi connectivity index (χ1n) is 10.1. The maximum atomic E-state index is 12.4. The van der Waals surface area contributed by atoms with Gasteiger partial charge in [0.1, 0.15) is 5.70 Å². The number of carbonyl (C=O) groups excluding carboxylic acids is 2. The predicted octanol–water partition coefficient (Wildman–Crippen LogP) is -0.541. The lowest BCUT2D eigenvalue weighted by atomic mass is 9.79. The number of aliphatic carboxylic acids is 1. The molecule has 2 fully saturated rings. The summed E-state index contributed by atoms with van der Waals surface area (Å²) in [4.78, 5) is 37.1. The average Bonchev–Trinajstić information content (AvgIpc) is 3.16. The van der Waals surface area contributed by atoms with Crippen molar-refractivity contribution in [2.75, 3.05) is 19.6 Å². The van der Waals surface area contributed by atoms with E-state index in [1.54, 1.807) is 18.7 Å². The molecule has 9 nitrogen and oxygen atoms in total. The Kier molecular flexibility index (Phi) is 6.87. The van der Waals surface area contributed by atoms with Crippen molar-refractivity contribution in [2.45, 2.75) is 56.5 Å². The van der Waals surface area contributed by atoms with E-state index in [9.17, 15) is 24.6 Å². The van der Waals surface area contributed by atoms with Crippen LogP contribution in [0.4, 0.5) is 0 Å². The number of primary amides is 1. The molecule has 0 radical (unpaired) electrons. The highest BCUT2D eigenvalue weighted by molar-refractivity contribution is 8.03. The van der Waals surface area contributed by atoms with Crippen LogP contribution in [0.25, 0.3) is 0 Å². The molecule has 0 aliphatic carbocycles. The number of rotatable bonds is 10. The highest BCUT2D eigenvalue weighted by Gasteiger charge is 2.60. The first-order valence-corrected chi connectivity index (χ1v) is 11.0. The molecule has 0 spiro atoms. The van der Waals surface area contributed by atoms with Crippen molar-refractivity contribution in [2.24, 2.45) is 17.6 Å². The van der Waals surface area contributed by atoms with Crippen molar-refractivity contribution in [3.63, 3.8) is 0 Å². The molecular formula is C19H30N4O5S. The van der Waals surface area contributed by atoms with Gasteiger partial charge >= 0.3 is 5.97 Å². The van der Waals surface area contributed by atoms with E-state index in [0.29, 0.717) is 19.0 Å². The summed E-state index contributed by atoms with van der Waals surface area (Å²) >= 11 is 1.55. The Hall–Kier alpha value is -1.62. The van der Waals surface area contributed by atoms with Crippen LogP contribution in [-0.2, 0) is 14.4 Å². The smallest absolute Gasteiger partial charge is 0.353 e. The molecule has 3 rings (SSSR count). The fourth-order valence-corrected chi connectivity index (χ4v) is 6.08. The lowest BCUT2D eigenvalue weighted by Crippen LogP contribution is -2.63. The summed E-state index contributed by atoms with van der Waals surface area (Å²) in [5.74, 6) is -2.33. The van der Waals surface area contributed by atoms with E-state index in [-0.39, 0.29) is 34.7 Å². The zero-order valence-corrected chi connectivity index (χ0v) is 17.6. The topological polar surface area (TPSA) is 145 Å². The van der Waals surface area contributed by atoms with Crippen molar-refractivity contribution in [3.05, 3.63) is 10.6 Å². The van der Waals surface area contributed by atoms with Crippen LogP contribution in [0.5, 0.6) is 0 Å². The number of aliphatic hydroxyl groups is 1. The predicted molar refractivity (Wildman–Crippen MR) is 109 cm³/mol. The number of thioether (sulfide) groups is 1. The third kappa shape index (κ3) is 4.45. The first kappa shape index (κ1) is 22.1. The molecule has 0 aromatic carbocycles. The maximum Gasteiger partial charge on any atom is 0.353 e. The third-order valence-electron chi connectivity index (χ3n) is 6.00. The number of nitrogens with one attached hydrogen (secondary N) is 2. The van der Waals surface area contributed by atoms with Gasteiger partial charge in [0, 0.05) is 41.6 Å². The standard InChI is InChI=1S/C19H30N4O5S/c1-9-15-14(10(2)24)18(26)23(15)16(19(27)28)17(9)29-12-7-11(22-8-12)3-5-21-6-4-13(20)25/h9-12,14-15,21-22,24H,3-8H2,1-2H3,(H2,20,25)(H,27,28)/t9-,10-,11+,12+,14-,15-/m1/s1. The van der Waals surface area contributed by atoms with Gasteiger partial charge in [-0.1, -0.05) is 6.92 Å². The largest absolute Gasteiger partial charge is 0.477 e.